The lowest BCUT2D eigenvalue weighted by Crippen LogP contribution is -2.40. The van der Waals surface area contributed by atoms with Gasteiger partial charge in [0, 0.05) is 17.6 Å². The maximum atomic E-state index is 13.5. The van der Waals surface area contributed by atoms with Crippen LogP contribution in [-0.4, -0.2) is 27.4 Å². The summed E-state index contributed by atoms with van der Waals surface area (Å²) >= 11 is 0. The Labute approximate surface area is 190 Å². The zero-order chi connectivity index (χ0) is 23.3. The van der Waals surface area contributed by atoms with Crippen molar-refractivity contribution in [3.8, 4) is 0 Å². The van der Waals surface area contributed by atoms with Crippen LogP contribution < -0.4 is 10.2 Å². The molecule has 0 fully saturated rings. The lowest BCUT2D eigenvalue weighted by Gasteiger charge is -2.28. The molecular weight excluding hydrogens is 400 g/mol. The van der Waals surface area contributed by atoms with E-state index in [1.165, 1.54) is 0 Å². The summed E-state index contributed by atoms with van der Waals surface area (Å²) in [5, 5.41) is 3.11. The first-order chi connectivity index (χ1) is 15.4. The standard InChI is InChI=1S/C26H34N4O2/c1-6-20(7-2)26(32)27-19(5)25-28-22-15-11-12-16-23(22)29(25)17-24(31)30(18(3)4)21-13-9-8-10-14-21/h8-16,18-20H,6-7,17H2,1-5H3,(H,27,32). The Morgan fingerprint density at radius 3 is 2.22 bits per heavy atom. The van der Waals surface area contributed by atoms with Gasteiger partial charge in [-0.05, 0) is 57.9 Å². The molecule has 1 aromatic heterocycles. The van der Waals surface area contributed by atoms with E-state index >= 15 is 0 Å². The van der Waals surface area contributed by atoms with Crippen molar-refractivity contribution in [1.29, 1.82) is 0 Å². The van der Waals surface area contributed by atoms with Crippen molar-refractivity contribution < 1.29 is 9.59 Å². The molecule has 3 rings (SSSR count). The van der Waals surface area contributed by atoms with Crippen LogP contribution in [0.4, 0.5) is 5.69 Å². The maximum absolute atomic E-state index is 13.5. The minimum absolute atomic E-state index is 0.00938. The van der Waals surface area contributed by atoms with Crippen LogP contribution in [0.1, 0.15) is 59.3 Å². The van der Waals surface area contributed by atoms with Crippen LogP contribution in [0.15, 0.2) is 54.6 Å². The molecule has 170 valence electrons. The van der Waals surface area contributed by atoms with E-state index in [0.29, 0.717) is 5.82 Å². The van der Waals surface area contributed by atoms with Gasteiger partial charge >= 0.3 is 0 Å². The second kappa shape index (κ2) is 10.4. The average Bonchev–Trinajstić information content (AvgIpc) is 3.14. The molecular formula is C26H34N4O2. The van der Waals surface area contributed by atoms with Crippen molar-refractivity contribution in [3.63, 3.8) is 0 Å². The van der Waals surface area contributed by atoms with Crippen molar-refractivity contribution in [2.45, 2.75) is 66.1 Å². The van der Waals surface area contributed by atoms with Crippen molar-refractivity contribution >= 4 is 28.5 Å². The molecule has 1 unspecified atom stereocenters. The Morgan fingerprint density at radius 1 is 0.969 bits per heavy atom. The van der Waals surface area contributed by atoms with E-state index in [1.807, 2.05) is 98.7 Å². The number of imidazole rings is 1. The number of hydrogen-bond acceptors (Lipinski definition) is 3. The SMILES string of the molecule is CCC(CC)C(=O)NC(C)c1nc2ccccc2n1CC(=O)N(c1ccccc1)C(C)C. The van der Waals surface area contributed by atoms with E-state index in [2.05, 4.69) is 5.32 Å². The number of hydrogen-bond donors (Lipinski definition) is 1. The third-order valence-corrected chi connectivity index (χ3v) is 5.90. The van der Waals surface area contributed by atoms with Gasteiger partial charge in [0.25, 0.3) is 0 Å². The topological polar surface area (TPSA) is 67.2 Å². The first-order valence-corrected chi connectivity index (χ1v) is 11.5. The smallest absolute Gasteiger partial charge is 0.247 e. The van der Waals surface area contributed by atoms with Gasteiger partial charge in [-0.1, -0.05) is 44.2 Å². The zero-order valence-corrected chi connectivity index (χ0v) is 19.7. The minimum Gasteiger partial charge on any atom is -0.346 e. The van der Waals surface area contributed by atoms with Gasteiger partial charge in [0.05, 0.1) is 17.1 Å². The third-order valence-electron chi connectivity index (χ3n) is 5.90. The molecule has 0 radical (unpaired) electrons. The normalized spacial score (nSPS) is 12.3. The molecule has 0 spiro atoms. The van der Waals surface area contributed by atoms with Gasteiger partial charge in [-0.15, -0.1) is 0 Å². The summed E-state index contributed by atoms with van der Waals surface area (Å²) in [6.07, 6.45) is 1.59. The summed E-state index contributed by atoms with van der Waals surface area (Å²) in [5.74, 6) is 0.677. The van der Waals surface area contributed by atoms with Gasteiger partial charge in [0.2, 0.25) is 11.8 Å². The molecule has 2 amide bonds. The van der Waals surface area contributed by atoms with Gasteiger partial charge in [-0.25, -0.2) is 4.98 Å². The fraction of sp³-hybridized carbons (Fsp3) is 0.423. The van der Waals surface area contributed by atoms with Crippen LogP contribution in [0.3, 0.4) is 0 Å². The third kappa shape index (κ3) is 5.01. The average molecular weight is 435 g/mol. The Balaban J connectivity index is 1.95. The number of aromatic nitrogens is 2. The van der Waals surface area contributed by atoms with Gasteiger partial charge in [0.15, 0.2) is 0 Å². The minimum atomic E-state index is -0.312. The summed E-state index contributed by atoms with van der Waals surface area (Å²) in [6.45, 7) is 10.1. The van der Waals surface area contributed by atoms with E-state index in [-0.39, 0.29) is 36.4 Å². The van der Waals surface area contributed by atoms with Crippen molar-refractivity contribution in [2.75, 3.05) is 4.90 Å². The fourth-order valence-corrected chi connectivity index (χ4v) is 4.18. The van der Waals surface area contributed by atoms with Gasteiger partial charge in [-0.3, -0.25) is 9.59 Å². The second-order valence-electron chi connectivity index (χ2n) is 8.48. The molecule has 1 N–H and O–H groups in total. The molecule has 3 aromatic rings. The number of amides is 2. The van der Waals surface area contributed by atoms with Crippen LogP contribution in [-0.2, 0) is 16.1 Å². The number of para-hydroxylation sites is 3. The van der Waals surface area contributed by atoms with Gasteiger partial charge in [-0.2, -0.15) is 0 Å². The first-order valence-electron chi connectivity index (χ1n) is 11.5. The second-order valence-corrected chi connectivity index (χ2v) is 8.48. The fourth-order valence-electron chi connectivity index (χ4n) is 4.18. The predicted octanol–water partition coefficient (Wildman–Crippen LogP) is 5.09. The Hall–Kier alpha value is -3.15. The number of nitrogens with one attached hydrogen (secondary N) is 1. The number of benzene rings is 2. The van der Waals surface area contributed by atoms with Crippen molar-refractivity contribution in [2.24, 2.45) is 5.92 Å². The monoisotopic (exact) mass is 434 g/mol. The summed E-state index contributed by atoms with van der Waals surface area (Å²) in [5.41, 5.74) is 2.57. The van der Waals surface area contributed by atoms with Crippen LogP contribution in [0, 0.1) is 5.92 Å². The number of nitrogens with zero attached hydrogens (tertiary/aromatic N) is 3. The molecule has 6 nitrogen and oxygen atoms in total. The molecule has 6 heteroatoms. The lowest BCUT2D eigenvalue weighted by molar-refractivity contribution is -0.125. The van der Waals surface area contributed by atoms with Crippen LogP contribution in [0.5, 0.6) is 0 Å². The summed E-state index contributed by atoms with van der Waals surface area (Å²) in [7, 11) is 0. The van der Waals surface area contributed by atoms with Crippen LogP contribution in [0.25, 0.3) is 11.0 Å². The zero-order valence-electron chi connectivity index (χ0n) is 19.7. The highest BCUT2D eigenvalue weighted by atomic mass is 16.2. The molecule has 1 atom stereocenters. The number of anilines is 1. The molecule has 0 aliphatic carbocycles. The van der Waals surface area contributed by atoms with E-state index in [1.54, 1.807) is 0 Å². The Bertz CT molecular complexity index is 1050. The first kappa shape index (κ1) is 23.5. The number of fused-ring (bicyclic) bond motifs is 1. The number of rotatable bonds is 9. The highest BCUT2D eigenvalue weighted by molar-refractivity contribution is 5.94. The summed E-state index contributed by atoms with van der Waals surface area (Å²) in [4.78, 5) is 32.8. The molecule has 2 aromatic carbocycles. The van der Waals surface area contributed by atoms with E-state index in [9.17, 15) is 9.59 Å². The van der Waals surface area contributed by atoms with Crippen LogP contribution >= 0.6 is 0 Å². The van der Waals surface area contributed by atoms with Crippen molar-refractivity contribution in [1.82, 2.24) is 14.9 Å². The van der Waals surface area contributed by atoms with E-state index in [0.717, 1.165) is 29.6 Å². The van der Waals surface area contributed by atoms with Crippen molar-refractivity contribution in [3.05, 3.63) is 60.4 Å². The van der Waals surface area contributed by atoms with Crippen LogP contribution in [0.2, 0.25) is 0 Å². The largest absolute Gasteiger partial charge is 0.346 e. The molecule has 0 saturated heterocycles. The number of carbonyl (C=O) groups excluding carboxylic acids is 2. The quantitative estimate of drug-likeness (QED) is 0.510. The maximum Gasteiger partial charge on any atom is 0.247 e. The lowest BCUT2D eigenvalue weighted by atomic mass is 10.0. The van der Waals surface area contributed by atoms with E-state index in [4.69, 9.17) is 4.98 Å². The Morgan fingerprint density at radius 2 is 1.59 bits per heavy atom. The summed E-state index contributed by atoms with van der Waals surface area (Å²) in [6, 6.07) is 17.2. The number of carbonyl (C=O) groups is 2. The summed E-state index contributed by atoms with van der Waals surface area (Å²) < 4.78 is 1.94. The molecule has 0 bridgehead atoms. The molecule has 0 saturated carbocycles. The Kier molecular flexibility index (Phi) is 7.67. The van der Waals surface area contributed by atoms with E-state index < -0.39 is 0 Å². The highest BCUT2D eigenvalue weighted by Crippen LogP contribution is 2.24. The van der Waals surface area contributed by atoms with Gasteiger partial charge < -0.3 is 14.8 Å². The molecule has 0 aliphatic heterocycles. The van der Waals surface area contributed by atoms with Gasteiger partial charge in [0.1, 0.15) is 12.4 Å². The molecule has 0 aliphatic rings. The molecule has 32 heavy (non-hydrogen) atoms. The predicted molar refractivity (Wildman–Crippen MR) is 129 cm³/mol. The highest BCUT2D eigenvalue weighted by Gasteiger charge is 2.25. The molecule has 1 heterocycles.